The normalized spacial score (nSPS) is 10.2. The van der Waals surface area contributed by atoms with Crippen molar-refractivity contribution in [3.8, 4) is 0 Å². The Morgan fingerprint density at radius 1 is 1.08 bits per heavy atom. The highest BCUT2D eigenvalue weighted by Gasteiger charge is 2.19. The third-order valence-corrected chi connectivity index (χ3v) is 3.19. The molecule has 25 heavy (non-hydrogen) atoms. The molecule has 2 rings (SSSR count). The van der Waals surface area contributed by atoms with Crippen LogP contribution in [0.4, 0.5) is 10.1 Å². The zero-order valence-electron chi connectivity index (χ0n) is 13.2. The quantitative estimate of drug-likeness (QED) is 0.452. The molecule has 0 spiro atoms. The van der Waals surface area contributed by atoms with Crippen molar-refractivity contribution in [2.24, 2.45) is 0 Å². The minimum absolute atomic E-state index is 0.0780. The van der Waals surface area contributed by atoms with Gasteiger partial charge in [0.1, 0.15) is 12.4 Å². The summed E-state index contributed by atoms with van der Waals surface area (Å²) in [6, 6.07) is 8.85. The van der Waals surface area contributed by atoms with Crippen LogP contribution >= 0.6 is 0 Å². The van der Waals surface area contributed by atoms with E-state index >= 15 is 0 Å². The second kappa shape index (κ2) is 8.00. The van der Waals surface area contributed by atoms with E-state index in [4.69, 9.17) is 9.47 Å². The van der Waals surface area contributed by atoms with Gasteiger partial charge >= 0.3 is 11.9 Å². The van der Waals surface area contributed by atoms with E-state index < -0.39 is 28.4 Å². The van der Waals surface area contributed by atoms with E-state index in [0.717, 1.165) is 18.2 Å². The van der Waals surface area contributed by atoms with Crippen LogP contribution in [-0.4, -0.2) is 23.5 Å². The van der Waals surface area contributed by atoms with Gasteiger partial charge in [0.15, 0.2) is 0 Å². The van der Waals surface area contributed by atoms with Crippen LogP contribution in [0.3, 0.4) is 0 Å². The number of ether oxygens (including phenoxy) is 2. The maximum Gasteiger partial charge on any atom is 0.338 e. The molecule has 2 aromatic rings. The van der Waals surface area contributed by atoms with Gasteiger partial charge in [-0.25, -0.2) is 14.0 Å². The van der Waals surface area contributed by atoms with E-state index in [1.54, 1.807) is 13.0 Å². The predicted molar refractivity (Wildman–Crippen MR) is 84.6 cm³/mol. The lowest BCUT2D eigenvalue weighted by Gasteiger charge is -2.07. The number of benzene rings is 2. The summed E-state index contributed by atoms with van der Waals surface area (Å²) in [6.45, 7) is 1.32. The van der Waals surface area contributed by atoms with Crippen molar-refractivity contribution in [3.63, 3.8) is 0 Å². The number of nitrogens with zero attached hydrogens (tertiary/aromatic N) is 1. The molecule has 0 aromatic heterocycles. The summed E-state index contributed by atoms with van der Waals surface area (Å²) in [7, 11) is 0. The molecule has 130 valence electrons. The lowest BCUT2D eigenvalue weighted by atomic mass is 10.1. The number of carbonyl (C=O) groups is 2. The van der Waals surface area contributed by atoms with Gasteiger partial charge in [0, 0.05) is 17.7 Å². The number of non-ortho nitro benzene ring substituents is 1. The topological polar surface area (TPSA) is 95.7 Å². The molecule has 0 fully saturated rings. The van der Waals surface area contributed by atoms with Gasteiger partial charge in [0.25, 0.3) is 5.69 Å². The summed E-state index contributed by atoms with van der Waals surface area (Å²) >= 11 is 0. The molecule has 2 aromatic carbocycles. The van der Waals surface area contributed by atoms with Gasteiger partial charge < -0.3 is 9.47 Å². The Labute approximate surface area is 142 Å². The summed E-state index contributed by atoms with van der Waals surface area (Å²) in [6.07, 6.45) is 0. The van der Waals surface area contributed by atoms with E-state index in [9.17, 15) is 24.1 Å². The number of nitro benzene ring substituents is 1. The molecule has 0 saturated carbocycles. The van der Waals surface area contributed by atoms with E-state index in [2.05, 4.69) is 0 Å². The Hall–Kier alpha value is -3.29. The van der Waals surface area contributed by atoms with Crippen molar-refractivity contribution in [1.82, 2.24) is 0 Å². The van der Waals surface area contributed by atoms with Gasteiger partial charge in [-0.05, 0) is 19.1 Å². The molecular formula is C17H14FNO6. The fourth-order valence-electron chi connectivity index (χ4n) is 2.01. The van der Waals surface area contributed by atoms with E-state index in [1.165, 1.54) is 18.2 Å². The lowest BCUT2D eigenvalue weighted by molar-refractivity contribution is -0.384. The van der Waals surface area contributed by atoms with Gasteiger partial charge in [-0.1, -0.05) is 18.2 Å². The average Bonchev–Trinajstić information content (AvgIpc) is 2.60. The van der Waals surface area contributed by atoms with Crippen molar-refractivity contribution < 1.29 is 28.4 Å². The van der Waals surface area contributed by atoms with E-state index in [0.29, 0.717) is 0 Å². The molecule has 0 unspecified atom stereocenters. The molecule has 0 saturated heterocycles. The Morgan fingerprint density at radius 2 is 1.68 bits per heavy atom. The zero-order valence-corrected chi connectivity index (χ0v) is 13.2. The van der Waals surface area contributed by atoms with Crippen molar-refractivity contribution in [3.05, 3.63) is 75.1 Å². The maximum absolute atomic E-state index is 13.5. The minimum Gasteiger partial charge on any atom is -0.462 e. The molecule has 8 heteroatoms. The monoisotopic (exact) mass is 347 g/mol. The van der Waals surface area contributed by atoms with Crippen LogP contribution in [0.5, 0.6) is 0 Å². The van der Waals surface area contributed by atoms with Gasteiger partial charge in [0.05, 0.1) is 22.7 Å². The molecular weight excluding hydrogens is 333 g/mol. The number of nitro groups is 1. The van der Waals surface area contributed by atoms with Gasteiger partial charge in [0.2, 0.25) is 0 Å². The second-order valence-electron chi connectivity index (χ2n) is 4.91. The number of rotatable bonds is 6. The molecule has 0 radical (unpaired) electrons. The fraction of sp³-hybridized carbons (Fsp3) is 0.176. The van der Waals surface area contributed by atoms with E-state index in [1.807, 2.05) is 0 Å². The van der Waals surface area contributed by atoms with Crippen LogP contribution in [0.25, 0.3) is 0 Å². The lowest BCUT2D eigenvalue weighted by Crippen LogP contribution is -2.10. The Morgan fingerprint density at radius 3 is 2.24 bits per heavy atom. The molecule has 0 aliphatic heterocycles. The first-order valence-electron chi connectivity index (χ1n) is 7.29. The molecule has 0 aliphatic rings. The summed E-state index contributed by atoms with van der Waals surface area (Å²) in [5.41, 5.74) is -0.641. The SMILES string of the molecule is CCOC(=O)c1cc(C(=O)OCc2ccccc2F)cc([N+](=O)[O-])c1. The van der Waals surface area contributed by atoms with E-state index in [-0.39, 0.29) is 29.9 Å². The van der Waals surface area contributed by atoms with Crippen molar-refractivity contribution in [2.45, 2.75) is 13.5 Å². The highest BCUT2D eigenvalue weighted by atomic mass is 19.1. The Kier molecular flexibility index (Phi) is 5.78. The molecule has 0 amide bonds. The number of esters is 2. The minimum atomic E-state index is -0.919. The summed E-state index contributed by atoms with van der Waals surface area (Å²) in [5.74, 6) is -2.26. The first-order chi connectivity index (χ1) is 11.9. The van der Waals surface area contributed by atoms with Crippen LogP contribution in [-0.2, 0) is 16.1 Å². The number of hydrogen-bond acceptors (Lipinski definition) is 6. The molecule has 0 N–H and O–H groups in total. The van der Waals surface area contributed by atoms with Crippen LogP contribution in [0, 0.1) is 15.9 Å². The second-order valence-corrected chi connectivity index (χ2v) is 4.91. The number of halogens is 1. The first-order valence-corrected chi connectivity index (χ1v) is 7.29. The largest absolute Gasteiger partial charge is 0.462 e. The third-order valence-electron chi connectivity index (χ3n) is 3.19. The van der Waals surface area contributed by atoms with Gasteiger partial charge in [-0.3, -0.25) is 10.1 Å². The maximum atomic E-state index is 13.5. The molecule has 0 atom stereocenters. The first kappa shape index (κ1) is 18.1. The predicted octanol–water partition coefficient (Wildman–Crippen LogP) is 3.27. The van der Waals surface area contributed by atoms with Gasteiger partial charge in [-0.15, -0.1) is 0 Å². The van der Waals surface area contributed by atoms with Crippen molar-refractivity contribution in [1.29, 1.82) is 0 Å². The third kappa shape index (κ3) is 4.60. The summed E-state index contributed by atoms with van der Waals surface area (Å²) in [5, 5.41) is 11.0. The smallest absolute Gasteiger partial charge is 0.338 e. The van der Waals surface area contributed by atoms with Crippen molar-refractivity contribution >= 4 is 17.6 Å². The Balaban J connectivity index is 2.24. The zero-order chi connectivity index (χ0) is 18.4. The molecule has 7 nitrogen and oxygen atoms in total. The average molecular weight is 347 g/mol. The summed E-state index contributed by atoms with van der Waals surface area (Å²) < 4.78 is 23.3. The van der Waals surface area contributed by atoms with Gasteiger partial charge in [-0.2, -0.15) is 0 Å². The number of hydrogen-bond donors (Lipinski definition) is 0. The highest BCUT2D eigenvalue weighted by molar-refractivity contribution is 5.96. The number of carbonyl (C=O) groups excluding carboxylic acids is 2. The fourth-order valence-corrected chi connectivity index (χ4v) is 2.01. The summed E-state index contributed by atoms with van der Waals surface area (Å²) in [4.78, 5) is 34.1. The van der Waals surface area contributed by atoms with Crippen LogP contribution in [0.2, 0.25) is 0 Å². The van der Waals surface area contributed by atoms with Crippen LogP contribution in [0.15, 0.2) is 42.5 Å². The molecule has 0 aliphatic carbocycles. The standard InChI is InChI=1S/C17H14FNO6/c1-2-24-16(20)12-7-13(9-14(8-12)19(22)23)17(21)25-10-11-5-3-4-6-15(11)18/h3-9H,2,10H2,1H3. The molecule has 0 bridgehead atoms. The van der Waals surface area contributed by atoms with Crippen LogP contribution in [0.1, 0.15) is 33.2 Å². The molecule has 0 heterocycles. The highest BCUT2D eigenvalue weighted by Crippen LogP contribution is 2.19. The Bertz CT molecular complexity index is 821. The van der Waals surface area contributed by atoms with Crippen molar-refractivity contribution in [2.75, 3.05) is 6.61 Å². The van der Waals surface area contributed by atoms with Crippen LogP contribution < -0.4 is 0 Å².